The van der Waals surface area contributed by atoms with E-state index in [-0.39, 0.29) is 35.8 Å². The molecule has 2 amide bonds. The highest BCUT2D eigenvalue weighted by atomic mass is 79.9. The largest absolute Gasteiger partial charge is 0.353 e. The van der Waals surface area contributed by atoms with Crippen molar-refractivity contribution in [3.63, 3.8) is 0 Å². The van der Waals surface area contributed by atoms with Crippen LogP contribution >= 0.6 is 15.9 Å². The Hall–Kier alpha value is -2.48. The Balaban J connectivity index is 1.41. The molecule has 0 saturated carbocycles. The molecule has 2 unspecified atom stereocenters. The summed E-state index contributed by atoms with van der Waals surface area (Å²) < 4.78 is 2.24. The molecule has 2 heterocycles. The summed E-state index contributed by atoms with van der Waals surface area (Å²) in [5.74, 6) is -0.509. The summed E-state index contributed by atoms with van der Waals surface area (Å²) in [6.45, 7) is 0.381. The molecule has 1 aliphatic heterocycles. The second-order valence-corrected chi connectivity index (χ2v) is 8.33. The molecule has 2 aromatic rings. The SMILES string of the molecule is Cn1nc2c(cc1=O)CC(NC(=O)C1CC(=O)N(c3cccc(Br)c3)C1)CC2. The Labute approximate surface area is 170 Å². The summed E-state index contributed by atoms with van der Waals surface area (Å²) in [4.78, 5) is 38.7. The van der Waals surface area contributed by atoms with Crippen LogP contribution in [-0.4, -0.2) is 34.2 Å². The van der Waals surface area contributed by atoms with Gasteiger partial charge in [0.25, 0.3) is 5.56 Å². The first-order valence-corrected chi connectivity index (χ1v) is 10.1. The van der Waals surface area contributed by atoms with Gasteiger partial charge in [0.15, 0.2) is 0 Å². The average molecular weight is 445 g/mol. The Bertz CT molecular complexity index is 1000. The lowest BCUT2D eigenvalue weighted by molar-refractivity contribution is -0.127. The van der Waals surface area contributed by atoms with Crippen molar-refractivity contribution < 1.29 is 9.59 Å². The number of nitrogens with zero attached hydrogens (tertiary/aromatic N) is 3. The third-order valence-electron chi connectivity index (χ3n) is 5.42. The topological polar surface area (TPSA) is 84.3 Å². The van der Waals surface area contributed by atoms with E-state index in [9.17, 15) is 14.4 Å². The van der Waals surface area contributed by atoms with E-state index in [0.29, 0.717) is 13.0 Å². The maximum atomic E-state index is 12.8. The standard InChI is InChI=1S/C20H21BrN4O3/c1-24-18(26)8-12-7-15(5-6-17(12)23-24)22-20(28)13-9-19(27)25(11-13)16-4-2-3-14(21)10-16/h2-4,8,10,13,15H,5-7,9,11H2,1H3,(H,22,28). The van der Waals surface area contributed by atoms with E-state index in [1.165, 1.54) is 4.68 Å². The van der Waals surface area contributed by atoms with E-state index in [2.05, 4.69) is 26.3 Å². The number of benzene rings is 1. The van der Waals surface area contributed by atoms with Crippen molar-refractivity contribution in [3.05, 3.63) is 56.4 Å². The van der Waals surface area contributed by atoms with Crippen LogP contribution in [0.4, 0.5) is 5.69 Å². The molecule has 1 aliphatic carbocycles. The monoisotopic (exact) mass is 444 g/mol. The van der Waals surface area contributed by atoms with Gasteiger partial charge >= 0.3 is 0 Å². The zero-order valence-electron chi connectivity index (χ0n) is 15.5. The van der Waals surface area contributed by atoms with Gasteiger partial charge in [0.1, 0.15) is 0 Å². The Morgan fingerprint density at radius 3 is 2.86 bits per heavy atom. The zero-order valence-corrected chi connectivity index (χ0v) is 17.1. The maximum absolute atomic E-state index is 12.8. The highest BCUT2D eigenvalue weighted by molar-refractivity contribution is 9.10. The molecule has 1 fully saturated rings. The molecule has 0 spiro atoms. The lowest BCUT2D eigenvalue weighted by atomic mass is 9.92. The number of fused-ring (bicyclic) bond motifs is 1. The van der Waals surface area contributed by atoms with Gasteiger partial charge in [-0.1, -0.05) is 22.0 Å². The van der Waals surface area contributed by atoms with Crippen molar-refractivity contribution in [2.24, 2.45) is 13.0 Å². The number of anilines is 1. The first kappa shape index (κ1) is 18.9. The number of hydrogen-bond acceptors (Lipinski definition) is 4. The van der Waals surface area contributed by atoms with Gasteiger partial charge in [0, 0.05) is 42.3 Å². The maximum Gasteiger partial charge on any atom is 0.266 e. The van der Waals surface area contributed by atoms with E-state index >= 15 is 0 Å². The third-order valence-corrected chi connectivity index (χ3v) is 5.91. The molecule has 1 saturated heterocycles. The highest BCUT2D eigenvalue weighted by Crippen LogP contribution is 2.28. The number of aromatic nitrogens is 2. The Morgan fingerprint density at radius 2 is 2.07 bits per heavy atom. The molecule has 2 atom stereocenters. The number of aryl methyl sites for hydroxylation is 2. The van der Waals surface area contributed by atoms with Crippen LogP contribution in [0.1, 0.15) is 24.1 Å². The smallest absolute Gasteiger partial charge is 0.266 e. The quantitative estimate of drug-likeness (QED) is 0.778. The highest BCUT2D eigenvalue weighted by Gasteiger charge is 2.36. The van der Waals surface area contributed by atoms with Crippen molar-refractivity contribution >= 4 is 33.4 Å². The predicted molar refractivity (Wildman–Crippen MR) is 108 cm³/mol. The Kier molecular flexibility index (Phi) is 5.05. The van der Waals surface area contributed by atoms with E-state index in [4.69, 9.17) is 0 Å². The van der Waals surface area contributed by atoms with Crippen LogP contribution < -0.4 is 15.8 Å². The molecule has 7 nitrogen and oxygen atoms in total. The van der Waals surface area contributed by atoms with Crippen LogP contribution in [0.25, 0.3) is 0 Å². The fourth-order valence-corrected chi connectivity index (χ4v) is 4.29. The minimum absolute atomic E-state index is 0.0380. The number of rotatable bonds is 3. The number of halogens is 1. The molecule has 146 valence electrons. The number of carbonyl (C=O) groups is 2. The van der Waals surface area contributed by atoms with Gasteiger partial charge in [-0.25, -0.2) is 4.68 Å². The second-order valence-electron chi connectivity index (χ2n) is 7.41. The number of hydrogen-bond donors (Lipinski definition) is 1. The van der Waals surface area contributed by atoms with Gasteiger partial charge in [-0.05, 0) is 43.0 Å². The molecule has 4 rings (SSSR count). The minimum Gasteiger partial charge on any atom is -0.353 e. The van der Waals surface area contributed by atoms with E-state index in [0.717, 1.165) is 34.3 Å². The summed E-state index contributed by atoms with van der Waals surface area (Å²) in [5, 5.41) is 7.38. The summed E-state index contributed by atoms with van der Waals surface area (Å²) in [6, 6.07) is 9.09. The van der Waals surface area contributed by atoms with Gasteiger partial charge in [-0.2, -0.15) is 5.10 Å². The molecule has 0 bridgehead atoms. The van der Waals surface area contributed by atoms with Crippen molar-refractivity contribution in [2.45, 2.75) is 31.7 Å². The molecule has 1 aromatic heterocycles. The summed E-state index contributed by atoms with van der Waals surface area (Å²) in [7, 11) is 1.64. The molecular weight excluding hydrogens is 424 g/mol. The van der Waals surface area contributed by atoms with Crippen molar-refractivity contribution in [2.75, 3.05) is 11.4 Å². The van der Waals surface area contributed by atoms with Crippen molar-refractivity contribution in [1.29, 1.82) is 0 Å². The number of carbonyl (C=O) groups excluding carboxylic acids is 2. The summed E-state index contributed by atoms with van der Waals surface area (Å²) >= 11 is 3.42. The normalized spacial score (nSPS) is 21.5. The van der Waals surface area contributed by atoms with Crippen LogP contribution in [0.2, 0.25) is 0 Å². The van der Waals surface area contributed by atoms with Crippen LogP contribution in [0.15, 0.2) is 39.6 Å². The molecule has 2 aliphatic rings. The van der Waals surface area contributed by atoms with Gasteiger partial charge in [0.05, 0.1) is 11.6 Å². The van der Waals surface area contributed by atoms with E-state index in [1.54, 1.807) is 18.0 Å². The van der Waals surface area contributed by atoms with Crippen molar-refractivity contribution in [1.82, 2.24) is 15.1 Å². The minimum atomic E-state index is -0.366. The summed E-state index contributed by atoms with van der Waals surface area (Å²) in [5.41, 5.74) is 2.47. The number of amides is 2. The van der Waals surface area contributed by atoms with E-state index < -0.39 is 0 Å². The first-order chi connectivity index (χ1) is 13.4. The van der Waals surface area contributed by atoms with Crippen LogP contribution in [0.3, 0.4) is 0 Å². The van der Waals surface area contributed by atoms with Gasteiger partial charge in [-0.15, -0.1) is 0 Å². The van der Waals surface area contributed by atoms with Crippen LogP contribution in [-0.2, 0) is 29.5 Å². The fraction of sp³-hybridized carbons (Fsp3) is 0.400. The zero-order chi connectivity index (χ0) is 19.8. The lowest BCUT2D eigenvalue weighted by Gasteiger charge is -2.26. The van der Waals surface area contributed by atoms with Crippen LogP contribution in [0, 0.1) is 5.92 Å². The second kappa shape index (κ2) is 7.50. The molecule has 1 N–H and O–H groups in total. The first-order valence-electron chi connectivity index (χ1n) is 9.33. The average Bonchev–Trinajstić information content (AvgIpc) is 3.05. The summed E-state index contributed by atoms with van der Waals surface area (Å²) in [6.07, 6.45) is 2.31. The van der Waals surface area contributed by atoms with Gasteiger partial charge < -0.3 is 10.2 Å². The molecule has 1 aromatic carbocycles. The van der Waals surface area contributed by atoms with Crippen LogP contribution in [0.5, 0.6) is 0 Å². The Morgan fingerprint density at radius 1 is 1.25 bits per heavy atom. The molecule has 8 heteroatoms. The fourth-order valence-electron chi connectivity index (χ4n) is 3.91. The third kappa shape index (κ3) is 3.73. The lowest BCUT2D eigenvalue weighted by Crippen LogP contribution is -2.43. The van der Waals surface area contributed by atoms with Gasteiger partial charge in [0.2, 0.25) is 11.8 Å². The molecular formula is C20H21BrN4O3. The molecule has 0 radical (unpaired) electrons. The molecule has 28 heavy (non-hydrogen) atoms. The van der Waals surface area contributed by atoms with Gasteiger partial charge in [-0.3, -0.25) is 14.4 Å². The van der Waals surface area contributed by atoms with Crippen molar-refractivity contribution in [3.8, 4) is 0 Å². The number of nitrogens with one attached hydrogen (secondary N) is 1. The predicted octanol–water partition coefficient (Wildman–Crippen LogP) is 1.57. The van der Waals surface area contributed by atoms with E-state index in [1.807, 2.05) is 24.3 Å².